The fourth-order valence-corrected chi connectivity index (χ4v) is 3.63. The van der Waals surface area contributed by atoms with E-state index in [1.165, 1.54) is 0 Å². The van der Waals surface area contributed by atoms with Gasteiger partial charge in [-0.1, -0.05) is 0 Å². The van der Waals surface area contributed by atoms with Gasteiger partial charge >= 0.3 is 6.72 Å². The van der Waals surface area contributed by atoms with Gasteiger partial charge in [-0.2, -0.15) is 0 Å². The molecule has 0 aromatic heterocycles. The Labute approximate surface area is 86.0 Å². The summed E-state index contributed by atoms with van der Waals surface area (Å²) in [4.78, 5) is 0. The lowest BCUT2D eigenvalue weighted by Gasteiger charge is -2.24. The summed E-state index contributed by atoms with van der Waals surface area (Å²) < 4.78 is 16.3. The maximum absolute atomic E-state index is 5.47. The van der Waals surface area contributed by atoms with Crippen LogP contribution in [-0.4, -0.2) is 18.8 Å². The second-order valence-electron chi connectivity index (χ2n) is 3.17. The molecule has 0 saturated carbocycles. The SMILES string of the molecule is CCOP(=S)(OC(C)C)OC(C)C. The quantitative estimate of drug-likeness (QED) is 0.650. The zero-order chi connectivity index (χ0) is 10.5. The van der Waals surface area contributed by atoms with E-state index in [0.717, 1.165) is 0 Å². The van der Waals surface area contributed by atoms with E-state index in [9.17, 15) is 0 Å². The minimum absolute atomic E-state index is 0.0381. The van der Waals surface area contributed by atoms with Gasteiger partial charge in [0, 0.05) is 0 Å². The Kier molecular flexibility index (Phi) is 6.34. The highest BCUT2D eigenvalue weighted by Gasteiger charge is 2.22. The molecule has 13 heavy (non-hydrogen) atoms. The van der Waals surface area contributed by atoms with E-state index in [2.05, 4.69) is 0 Å². The van der Waals surface area contributed by atoms with Gasteiger partial charge in [0.25, 0.3) is 0 Å². The van der Waals surface area contributed by atoms with E-state index in [1.54, 1.807) is 0 Å². The van der Waals surface area contributed by atoms with Crippen molar-refractivity contribution in [2.75, 3.05) is 6.61 Å². The molecule has 0 aromatic rings. The third kappa shape index (κ3) is 6.58. The molecule has 3 nitrogen and oxygen atoms in total. The molecule has 0 N–H and O–H groups in total. The predicted molar refractivity (Wildman–Crippen MR) is 58.4 cm³/mol. The Morgan fingerprint density at radius 2 is 1.46 bits per heavy atom. The van der Waals surface area contributed by atoms with Crippen molar-refractivity contribution >= 4 is 18.5 Å². The molecular formula is C8H19O3PS. The molecular weight excluding hydrogens is 207 g/mol. The molecule has 5 heteroatoms. The smallest absolute Gasteiger partial charge is 0.309 e. The lowest BCUT2D eigenvalue weighted by atomic mass is 10.5. The maximum Gasteiger partial charge on any atom is 0.327 e. The number of hydrogen-bond acceptors (Lipinski definition) is 4. The van der Waals surface area contributed by atoms with Crippen LogP contribution in [0.25, 0.3) is 0 Å². The molecule has 0 fully saturated rings. The van der Waals surface area contributed by atoms with Crippen molar-refractivity contribution in [1.29, 1.82) is 0 Å². The fraction of sp³-hybridized carbons (Fsp3) is 1.00. The average Bonchev–Trinajstić information content (AvgIpc) is 1.81. The first-order valence-corrected chi connectivity index (χ1v) is 7.06. The van der Waals surface area contributed by atoms with E-state index in [0.29, 0.717) is 6.61 Å². The molecule has 0 amide bonds. The van der Waals surface area contributed by atoms with E-state index in [1.807, 2.05) is 34.6 Å². The van der Waals surface area contributed by atoms with Crippen LogP contribution in [0.5, 0.6) is 0 Å². The lowest BCUT2D eigenvalue weighted by Crippen LogP contribution is -2.09. The van der Waals surface area contributed by atoms with Crippen molar-refractivity contribution in [3.8, 4) is 0 Å². The molecule has 0 rings (SSSR count). The Balaban J connectivity index is 4.25. The molecule has 0 aliphatic heterocycles. The summed E-state index contributed by atoms with van der Waals surface area (Å²) in [5.74, 6) is 0. The van der Waals surface area contributed by atoms with Crippen molar-refractivity contribution in [1.82, 2.24) is 0 Å². The number of rotatable bonds is 6. The Morgan fingerprint density at radius 3 is 1.69 bits per heavy atom. The lowest BCUT2D eigenvalue weighted by molar-refractivity contribution is 0.113. The van der Waals surface area contributed by atoms with Crippen LogP contribution in [0.1, 0.15) is 34.6 Å². The van der Waals surface area contributed by atoms with Crippen molar-refractivity contribution in [2.45, 2.75) is 46.8 Å². The Hall–Kier alpha value is 0.530. The molecule has 0 heterocycles. The van der Waals surface area contributed by atoms with E-state index < -0.39 is 6.72 Å². The second kappa shape index (κ2) is 6.10. The van der Waals surface area contributed by atoms with Gasteiger partial charge in [-0.05, 0) is 46.4 Å². The molecule has 0 aliphatic rings. The summed E-state index contributed by atoms with van der Waals surface area (Å²) in [6.07, 6.45) is 0.0762. The van der Waals surface area contributed by atoms with Crippen LogP contribution in [0.15, 0.2) is 0 Å². The first kappa shape index (κ1) is 13.5. The molecule has 0 unspecified atom stereocenters. The monoisotopic (exact) mass is 226 g/mol. The fourth-order valence-electron chi connectivity index (χ4n) is 0.760. The van der Waals surface area contributed by atoms with Crippen molar-refractivity contribution in [2.24, 2.45) is 0 Å². The number of hydrogen-bond donors (Lipinski definition) is 0. The van der Waals surface area contributed by atoms with Gasteiger partial charge in [0.1, 0.15) is 0 Å². The summed E-state index contributed by atoms with van der Waals surface area (Å²) in [5, 5.41) is 0. The molecule has 0 spiro atoms. The van der Waals surface area contributed by atoms with Crippen LogP contribution in [0, 0.1) is 0 Å². The van der Waals surface area contributed by atoms with Crippen LogP contribution < -0.4 is 0 Å². The molecule has 0 aromatic carbocycles. The van der Waals surface area contributed by atoms with Crippen LogP contribution in [-0.2, 0) is 25.4 Å². The summed E-state index contributed by atoms with van der Waals surface area (Å²) >= 11 is 5.20. The minimum atomic E-state index is -2.50. The third-order valence-electron chi connectivity index (χ3n) is 0.967. The highest BCUT2D eigenvalue weighted by molar-refractivity contribution is 8.07. The van der Waals surface area contributed by atoms with Crippen LogP contribution in [0.3, 0.4) is 0 Å². The van der Waals surface area contributed by atoms with Crippen LogP contribution in [0.2, 0.25) is 0 Å². The van der Waals surface area contributed by atoms with Gasteiger partial charge < -0.3 is 13.6 Å². The Morgan fingerprint density at radius 1 is 1.08 bits per heavy atom. The second-order valence-corrected chi connectivity index (χ2v) is 6.09. The molecule has 0 aliphatic carbocycles. The van der Waals surface area contributed by atoms with Gasteiger partial charge in [0.15, 0.2) is 0 Å². The summed E-state index contributed by atoms with van der Waals surface area (Å²) in [6.45, 7) is 7.59. The maximum atomic E-state index is 5.47. The van der Waals surface area contributed by atoms with Gasteiger partial charge in [-0.3, -0.25) is 0 Å². The van der Waals surface area contributed by atoms with E-state index in [4.69, 9.17) is 25.4 Å². The standard InChI is InChI=1S/C8H19O3PS/c1-6-9-12(13,10-7(2)3)11-8(4)5/h7-8H,6H2,1-5H3. The predicted octanol–water partition coefficient (Wildman–Crippen LogP) is 3.10. The largest absolute Gasteiger partial charge is 0.327 e. The summed E-state index contributed by atoms with van der Waals surface area (Å²) in [6, 6.07) is 0. The van der Waals surface area contributed by atoms with Crippen molar-refractivity contribution < 1.29 is 13.6 Å². The van der Waals surface area contributed by atoms with Gasteiger partial charge in [0.05, 0.1) is 18.8 Å². The van der Waals surface area contributed by atoms with Crippen LogP contribution >= 0.6 is 6.72 Å². The molecule has 80 valence electrons. The first-order chi connectivity index (χ1) is 5.89. The highest BCUT2D eigenvalue weighted by Crippen LogP contribution is 2.51. The topological polar surface area (TPSA) is 27.7 Å². The first-order valence-electron chi connectivity index (χ1n) is 4.51. The molecule has 0 radical (unpaired) electrons. The van der Waals surface area contributed by atoms with Crippen molar-refractivity contribution in [3.05, 3.63) is 0 Å². The van der Waals surface area contributed by atoms with Gasteiger partial charge in [-0.15, -0.1) is 0 Å². The average molecular weight is 226 g/mol. The normalized spacial score (nSPS) is 12.8. The zero-order valence-electron chi connectivity index (χ0n) is 8.94. The molecule has 0 bridgehead atoms. The molecule has 0 atom stereocenters. The third-order valence-corrected chi connectivity index (χ3v) is 3.73. The van der Waals surface area contributed by atoms with Gasteiger partial charge in [0.2, 0.25) is 0 Å². The highest BCUT2D eigenvalue weighted by atomic mass is 32.5. The zero-order valence-corrected chi connectivity index (χ0v) is 10.7. The van der Waals surface area contributed by atoms with Crippen molar-refractivity contribution in [3.63, 3.8) is 0 Å². The van der Waals surface area contributed by atoms with E-state index in [-0.39, 0.29) is 12.2 Å². The van der Waals surface area contributed by atoms with E-state index >= 15 is 0 Å². The van der Waals surface area contributed by atoms with Crippen LogP contribution in [0.4, 0.5) is 0 Å². The van der Waals surface area contributed by atoms with Gasteiger partial charge in [-0.25, -0.2) is 0 Å². The summed E-state index contributed by atoms with van der Waals surface area (Å²) in [5.41, 5.74) is 0. The summed E-state index contributed by atoms with van der Waals surface area (Å²) in [7, 11) is 0. The minimum Gasteiger partial charge on any atom is -0.309 e. The Bertz CT molecular complexity index is 168. The molecule has 0 saturated heterocycles.